The Labute approximate surface area is 94.3 Å². The Hall–Kier alpha value is -1.84. The smallest absolute Gasteiger partial charge is 0.326 e. The Morgan fingerprint density at radius 3 is 2.62 bits per heavy atom. The minimum Gasteiger partial charge on any atom is -0.480 e. The lowest BCUT2D eigenvalue weighted by Gasteiger charge is -2.13. The molecule has 0 unspecified atom stereocenters. The second-order valence-electron chi connectivity index (χ2n) is 3.78. The monoisotopic (exact) mass is 221 g/mol. The molecule has 0 aliphatic heterocycles. The topological polar surface area (TPSA) is 66.4 Å². The molecule has 2 N–H and O–H groups in total. The van der Waals surface area contributed by atoms with E-state index >= 15 is 0 Å². The highest BCUT2D eigenvalue weighted by atomic mass is 16.4. The fraction of sp³-hybridized carbons (Fsp3) is 0.333. The lowest BCUT2D eigenvalue weighted by Crippen LogP contribution is -2.41. The van der Waals surface area contributed by atoms with Crippen molar-refractivity contribution in [2.45, 2.75) is 26.3 Å². The zero-order chi connectivity index (χ0) is 12.1. The molecule has 0 bridgehead atoms. The van der Waals surface area contributed by atoms with Crippen molar-refractivity contribution >= 4 is 11.9 Å². The van der Waals surface area contributed by atoms with Crippen LogP contribution >= 0.6 is 0 Å². The van der Waals surface area contributed by atoms with Gasteiger partial charge in [-0.2, -0.15) is 0 Å². The van der Waals surface area contributed by atoms with E-state index < -0.39 is 12.0 Å². The van der Waals surface area contributed by atoms with E-state index in [4.69, 9.17) is 5.11 Å². The van der Waals surface area contributed by atoms with E-state index in [-0.39, 0.29) is 5.91 Å². The average molecular weight is 221 g/mol. The maximum atomic E-state index is 10.9. The number of carbonyl (C=O) groups excluding carboxylic acids is 1. The molecule has 0 aliphatic carbocycles. The van der Waals surface area contributed by atoms with Gasteiger partial charge in [0.25, 0.3) is 0 Å². The number of carboxylic acid groups (broad SMARTS) is 1. The Morgan fingerprint density at radius 2 is 2.12 bits per heavy atom. The van der Waals surface area contributed by atoms with Crippen molar-refractivity contribution in [3.63, 3.8) is 0 Å². The van der Waals surface area contributed by atoms with Gasteiger partial charge in [0, 0.05) is 13.3 Å². The van der Waals surface area contributed by atoms with Crippen LogP contribution in [0, 0.1) is 6.92 Å². The fourth-order valence-electron chi connectivity index (χ4n) is 1.52. The highest BCUT2D eigenvalue weighted by Gasteiger charge is 2.18. The first-order valence-corrected chi connectivity index (χ1v) is 5.04. The van der Waals surface area contributed by atoms with Gasteiger partial charge in [0.2, 0.25) is 5.91 Å². The van der Waals surface area contributed by atoms with Crippen LogP contribution < -0.4 is 5.32 Å². The highest BCUT2D eigenvalue weighted by molar-refractivity contribution is 5.82. The van der Waals surface area contributed by atoms with Crippen molar-refractivity contribution in [2.24, 2.45) is 0 Å². The second-order valence-corrected chi connectivity index (χ2v) is 3.78. The summed E-state index contributed by atoms with van der Waals surface area (Å²) in [7, 11) is 0. The van der Waals surface area contributed by atoms with Crippen LogP contribution in [0.25, 0.3) is 0 Å². The summed E-state index contributed by atoms with van der Waals surface area (Å²) in [5, 5.41) is 11.3. The van der Waals surface area contributed by atoms with Gasteiger partial charge in [-0.3, -0.25) is 4.79 Å². The first-order chi connectivity index (χ1) is 7.49. The van der Waals surface area contributed by atoms with E-state index in [1.807, 2.05) is 31.2 Å². The second kappa shape index (κ2) is 5.30. The largest absolute Gasteiger partial charge is 0.480 e. The third-order valence-electron chi connectivity index (χ3n) is 2.20. The highest BCUT2D eigenvalue weighted by Crippen LogP contribution is 2.07. The Morgan fingerprint density at radius 1 is 1.44 bits per heavy atom. The van der Waals surface area contributed by atoms with Crippen LogP contribution in [0.5, 0.6) is 0 Å². The molecule has 4 nitrogen and oxygen atoms in total. The molecule has 0 spiro atoms. The van der Waals surface area contributed by atoms with Gasteiger partial charge in [-0.05, 0) is 12.5 Å². The number of hydrogen-bond acceptors (Lipinski definition) is 2. The number of rotatable bonds is 4. The normalized spacial score (nSPS) is 11.9. The molecule has 0 saturated heterocycles. The molecule has 1 aromatic rings. The summed E-state index contributed by atoms with van der Waals surface area (Å²) in [4.78, 5) is 21.8. The number of carbonyl (C=O) groups is 2. The van der Waals surface area contributed by atoms with Crippen molar-refractivity contribution in [1.29, 1.82) is 0 Å². The molecule has 0 radical (unpaired) electrons. The van der Waals surface area contributed by atoms with Crippen molar-refractivity contribution < 1.29 is 14.7 Å². The van der Waals surface area contributed by atoms with Gasteiger partial charge >= 0.3 is 5.97 Å². The van der Waals surface area contributed by atoms with E-state index in [9.17, 15) is 9.59 Å². The van der Waals surface area contributed by atoms with E-state index in [1.54, 1.807) is 0 Å². The molecular weight excluding hydrogens is 206 g/mol. The molecule has 0 saturated carbocycles. The summed E-state index contributed by atoms with van der Waals surface area (Å²) in [6.07, 6.45) is 0.302. The van der Waals surface area contributed by atoms with Crippen molar-refractivity contribution in [3.05, 3.63) is 35.4 Å². The van der Waals surface area contributed by atoms with Gasteiger partial charge in [-0.25, -0.2) is 4.79 Å². The lowest BCUT2D eigenvalue weighted by molar-refractivity contribution is -0.141. The van der Waals surface area contributed by atoms with Gasteiger partial charge in [0.15, 0.2) is 0 Å². The van der Waals surface area contributed by atoms with Crippen LogP contribution in [0.4, 0.5) is 0 Å². The van der Waals surface area contributed by atoms with Crippen LogP contribution in [-0.2, 0) is 16.0 Å². The quantitative estimate of drug-likeness (QED) is 0.800. The lowest BCUT2D eigenvalue weighted by atomic mass is 10.0. The maximum Gasteiger partial charge on any atom is 0.326 e. The van der Waals surface area contributed by atoms with E-state index in [1.165, 1.54) is 6.92 Å². The molecule has 86 valence electrons. The van der Waals surface area contributed by atoms with Gasteiger partial charge in [-0.15, -0.1) is 0 Å². The molecule has 1 amide bonds. The number of aliphatic carboxylic acids is 1. The molecule has 1 atom stereocenters. The van der Waals surface area contributed by atoms with E-state index in [0.29, 0.717) is 6.42 Å². The average Bonchev–Trinajstić information content (AvgIpc) is 2.15. The summed E-state index contributed by atoms with van der Waals surface area (Å²) in [5.74, 6) is -1.35. The minimum absolute atomic E-state index is 0.302. The number of carboxylic acids is 1. The molecule has 0 heterocycles. The predicted molar refractivity (Wildman–Crippen MR) is 60.1 cm³/mol. The molecule has 0 fully saturated rings. The van der Waals surface area contributed by atoms with Gasteiger partial charge in [-0.1, -0.05) is 29.8 Å². The van der Waals surface area contributed by atoms with Crippen LogP contribution in [0.15, 0.2) is 24.3 Å². The van der Waals surface area contributed by atoms with Crippen LogP contribution in [0.2, 0.25) is 0 Å². The summed E-state index contributed by atoms with van der Waals surface area (Å²) in [6, 6.07) is 6.72. The molecule has 0 aliphatic rings. The van der Waals surface area contributed by atoms with Crippen LogP contribution in [0.1, 0.15) is 18.1 Å². The zero-order valence-electron chi connectivity index (χ0n) is 9.36. The van der Waals surface area contributed by atoms with Crippen LogP contribution in [0.3, 0.4) is 0 Å². The predicted octanol–water partition coefficient (Wildman–Crippen LogP) is 1.13. The standard InChI is InChI=1S/C12H15NO3/c1-8-4-3-5-10(6-8)7-11(12(15)16)13-9(2)14/h3-6,11H,7H2,1-2H3,(H,13,14)(H,15,16)/t11-/m1/s1. The van der Waals surface area contributed by atoms with Crippen molar-refractivity contribution in [1.82, 2.24) is 5.32 Å². The number of benzene rings is 1. The van der Waals surface area contributed by atoms with Gasteiger partial charge < -0.3 is 10.4 Å². The molecule has 0 aromatic heterocycles. The molecular formula is C12H15NO3. The minimum atomic E-state index is -1.02. The van der Waals surface area contributed by atoms with Gasteiger partial charge in [0.1, 0.15) is 6.04 Å². The summed E-state index contributed by atoms with van der Waals surface area (Å²) in [6.45, 7) is 3.25. The molecule has 1 rings (SSSR count). The van der Waals surface area contributed by atoms with Crippen molar-refractivity contribution in [3.8, 4) is 0 Å². The SMILES string of the molecule is CC(=O)N[C@H](Cc1cccc(C)c1)C(=O)O. The first-order valence-electron chi connectivity index (χ1n) is 5.04. The number of aryl methyl sites for hydroxylation is 1. The van der Waals surface area contributed by atoms with Crippen LogP contribution in [-0.4, -0.2) is 23.0 Å². The number of nitrogens with one attached hydrogen (secondary N) is 1. The number of amides is 1. The molecule has 4 heteroatoms. The Bertz CT molecular complexity index is 401. The Balaban J connectivity index is 2.75. The molecule has 1 aromatic carbocycles. The summed E-state index contributed by atoms with van der Waals surface area (Å²) >= 11 is 0. The number of hydrogen-bond donors (Lipinski definition) is 2. The van der Waals surface area contributed by atoms with E-state index in [0.717, 1.165) is 11.1 Å². The first kappa shape index (κ1) is 12.2. The van der Waals surface area contributed by atoms with E-state index in [2.05, 4.69) is 5.32 Å². The Kier molecular flexibility index (Phi) is 4.05. The molecule has 16 heavy (non-hydrogen) atoms. The zero-order valence-corrected chi connectivity index (χ0v) is 9.36. The van der Waals surface area contributed by atoms with Gasteiger partial charge in [0.05, 0.1) is 0 Å². The fourth-order valence-corrected chi connectivity index (χ4v) is 1.52. The summed E-state index contributed by atoms with van der Waals surface area (Å²) < 4.78 is 0. The summed E-state index contributed by atoms with van der Waals surface area (Å²) in [5.41, 5.74) is 1.98. The van der Waals surface area contributed by atoms with Crippen molar-refractivity contribution in [2.75, 3.05) is 0 Å². The third-order valence-corrected chi connectivity index (χ3v) is 2.20. The third kappa shape index (κ3) is 3.73. The maximum absolute atomic E-state index is 10.9.